The van der Waals surface area contributed by atoms with Gasteiger partial charge in [-0.05, 0) is 18.8 Å². The van der Waals surface area contributed by atoms with Crippen LogP contribution in [0.5, 0.6) is 0 Å². The Bertz CT molecular complexity index is 137. The van der Waals surface area contributed by atoms with Crippen LogP contribution in [0.15, 0.2) is 0 Å². The summed E-state index contributed by atoms with van der Waals surface area (Å²) < 4.78 is 0. The highest BCUT2D eigenvalue weighted by molar-refractivity contribution is 4.72. The van der Waals surface area contributed by atoms with Crippen LogP contribution in [0.1, 0.15) is 26.2 Å². The van der Waals surface area contributed by atoms with E-state index >= 15 is 0 Å². The molecule has 10 heavy (non-hydrogen) atoms. The molecule has 0 heterocycles. The maximum atomic E-state index is 9.88. The molecule has 58 valence electrons. The van der Waals surface area contributed by atoms with Gasteiger partial charge in [-0.2, -0.15) is 0 Å². The first-order chi connectivity index (χ1) is 4.70. The van der Waals surface area contributed by atoms with Gasteiger partial charge in [0.15, 0.2) is 0 Å². The van der Waals surface area contributed by atoms with Crippen molar-refractivity contribution in [2.75, 3.05) is 0 Å². The molecule has 4 heteroatoms. The molecule has 4 nitrogen and oxygen atoms in total. The summed E-state index contributed by atoms with van der Waals surface area (Å²) in [5, 5.41) is 9.20. The Balaban J connectivity index is 2.33. The highest BCUT2D eigenvalue weighted by Gasteiger charge is 2.26. The minimum Gasteiger partial charge on any atom is -0.310 e. The average molecular weight is 145 g/mol. The van der Waals surface area contributed by atoms with Crippen LogP contribution in [-0.2, 0) is 4.84 Å². The molecule has 2 atom stereocenters. The molecule has 0 spiro atoms. The molecule has 0 aliphatic heterocycles. The van der Waals surface area contributed by atoms with Crippen molar-refractivity contribution in [1.29, 1.82) is 0 Å². The van der Waals surface area contributed by atoms with E-state index in [0.29, 0.717) is 5.92 Å². The van der Waals surface area contributed by atoms with Crippen molar-refractivity contribution in [2.45, 2.75) is 32.3 Å². The fraction of sp³-hybridized carbons (Fsp3) is 1.00. The maximum absolute atomic E-state index is 9.88. The van der Waals surface area contributed by atoms with E-state index in [9.17, 15) is 10.1 Å². The van der Waals surface area contributed by atoms with Crippen molar-refractivity contribution in [3.8, 4) is 0 Å². The third-order valence-electron chi connectivity index (χ3n) is 2.00. The van der Waals surface area contributed by atoms with Gasteiger partial charge in [-0.1, -0.05) is 13.3 Å². The van der Waals surface area contributed by atoms with Crippen LogP contribution in [0.25, 0.3) is 0 Å². The van der Waals surface area contributed by atoms with Crippen LogP contribution in [-0.4, -0.2) is 11.2 Å². The molecule has 1 saturated carbocycles. The zero-order valence-corrected chi connectivity index (χ0v) is 5.95. The van der Waals surface area contributed by atoms with E-state index in [2.05, 4.69) is 4.84 Å². The predicted octanol–water partition coefficient (Wildman–Crippen LogP) is 1.38. The molecule has 1 fully saturated rings. The third kappa shape index (κ3) is 1.59. The van der Waals surface area contributed by atoms with Crippen molar-refractivity contribution >= 4 is 0 Å². The van der Waals surface area contributed by atoms with E-state index in [1.165, 1.54) is 0 Å². The van der Waals surface area contributed by atoms with Crippen molar-refractivity contribution < 1.29 is 9.92 Å². The van der Waals surface area contributed by atoms with Crippen LogP contribution >= 0.6 is 0 Å². The summed E-state index contributed by atoms with van der Waals surface area (Å²) in [5.41, 5.74) is 0. The predicted molar refractivity (Wildman–Crippen MR) is 34.9 cm³/mol. The Morgan fingerprint density at radius 2 is 2.30 bits per heavy atom. The van der Waals surface area contributed by atoms with Crippen LogP contribution in [0.2, 0.25) is 0 Å². The van der Waals surface area contributed by atoms with Gasteiger partial charge in [0.05, 0.1) is 0 Å². The minimum atomic E-state index is -0.688. The van der Waals surface area contributed by atoms with Gasteiger partial charge in [-0.25, -0.2) is 0 Å². The molecule has 2 unspecified atom stereocenters. The molecule has 0 aromatic carbocycles. The second kappa shape index (κ2) is 2.86. The van der Waals surface area contributed by atoms with Crippen LogP contribution in [0.4, 0.5) is 0 Å². The van der Waals surface area contributed by atoms with Crippen molar-refractivity contribution in [1.82, 2.24) is 0 Å². The number of hydrogen-bond donors (Lipinski definition) is 0. The molecular weight excluding hydrogens is 134 g/mol. The zero-order chi connectivity index (χ0) is 7.56. The Labute approximate surface area is 59.3 Å². The van der Waals surface area contributed by atoms with E-state index < -0.39 is 5.09 Å². The SMILES string of the molecule is CC1CCCC1O[N+](=O)[O-]. The quantitative estimate of drug-likeness (QED) is 0.435. The largest absolute Gasteiger partial charge is 0.310 e. The van der Waals surface area contributed by atoms with E-state index in [0.717, 1.165) is 19.3 Å². The molecular formula is C6H11NO3. The van der Waals surface area contributed by atoms with Crippen molar-refractivity contribution in [3.63, 3.8) is 0 Å². The summed E-state index contributed by atoms with van der Waals surface area (Å²) >= 11 is 0. The molecule has 0 radical (unpaired) electrons. The zero-order valence-electron chi connectivity index (χ0n) is 5.95. The maximum Gasteiger partial charge on any atom is 0.294 e. The van der Waals surface area contributed by atoms with E-state index in [4.69, 9.17) is 0 Å². The summed E-state index contributed by atoms with van der Waals surface area (Å²) in [4.78, 5) is 14.3. The smallest absolute Gasteiger partial charge is 0.294 e. The third-order valence-corrected chi connectivity index (χ3v) is 2.00. The van der Waals surface area contributed by atoms with Crippen molar-refractivity contribution in [2.24, 2.45) is 5.92 Å². The molecule has 1 aliphatic rings. The normalized spacial score (nSPS) is 32.1. The average Bonchev–Trinajstić information content (AvgIpc) is 2.15. The van der Waals surface area contributed by atoms with E-state index in [-0.39, 0.29) is 6.10 Å². The summed E-state index contributed by atoms with van der Waals surface area (Å²) in [6, 6.07) is 0. The van der Waals surface area contributed by atoms with Crippen LogP contribution in [0, 0.1) is 16.0 Å². The number of rotatable bonds is 2. The first-order valence-electron chi connectivity index (χ1n) is 3.51. The van der Waals surface area contributed by atoms with Gasteiger partial charge in [0.2, 0.25) is 0 Å². The second-order valence-electron chi connectivity index (χ2n) is 2.78. The lowest BCUT2D eigenvalue weighted by molar-refractivity contribution is -0.769. The standard InChI is InChI=1S/C6H11NO3/c1-5-3-2-4-6(5)10-7(8)9/h5-6H,2-4H2,1H3. The summed E-state index contributed by atoms with van der Waals surface area (Å²) in [6.07, 6.45) is 2.80. The molecule has 0 amide bonds. The van der Waals surface area contributed by atoms with Gasteiger partial charge in [0, 0.05) is 0 Å². The Morgan fingerprint density at radius 1 is 1.60 bits per heavy atom. The van der Waals surface area contributed by atoms with Gasteiger partial charge in [0.1, 0.15) is 6.10 Å². The first kappa shape index (κ1) is 7.31. The summed E-state index contributed by atoms with van der Waals surface area (Å²) in [6.45, 7) is 1.99. The lowest BCUT2D eigenvalue weighted by Gasteiger charge is -2.11. The molecule has 1 rings (SSSR count). The van der Waals surface area contributed by atoms with Crippen LogP contribution in [0.3, 0.4) is 0 Å². The lowest BCUT2D eigenvalue weighted by Crippen LogP contribution is -2.19. The number of nitrogens with zero attached hydrogens (tertiary/aromatic N) is 1. The summed E-state index contributed by atoms with van der Waals surface area (Å²) in [7, 11) is 0. The van der Waals surface area contributed by atoms with Crippen molar-refractivity contribution in [3.05, 3.63) is 10.1 Å². The second-order valence-corrected chi connectivity index (χ2v) is 2.78. The summed E-state index contributed by atoms with van der Waals surface area (Å²) in [5.74, 6) is 0.352. The molecule has 0 bridgehead atoms. The van der Waals surface area contributed by atoms with E-state index in [1.54, 1.807) is 0 Å². The molecule has 0 aromatic rings. The topological polar surface area (TPSA) is 52.4 Å². The first-order valence-corrected chi connectivity index (χ1v) is 3.51. The van der Waals surface area contributed by atoms with Gasteiger partial charge >= 0.3 is 0 Å². The monoisotopic (exact) mass is 145 g/mol. The lowest BCUT2D eigenvalue weighted by atomic mass is 10.1. The Hall–Kier alpha value is -0.800. The molecule has 0 saturated heterocycles. The molecule has 0 N–H and O–H groups in total. The van der Waals surface area contributed by atoms with Gasteiger partial charge < -0.3 is 4.84 Å². The Kier molecular flexibility index (Phi) is 2.09. The highest BCUT2D eigenvalue weighted by Crippen LogP contribution is 2.27. The van der Waals surface area contributed by atoms with Gasteiger partial charge in [-0.3, -0.25) is 0 Å². The van der Waals surface area contributed by atoms with Gasteiger partial charge in [-0.15, -0.1) is 10.1 Å². The Morgan fingerprint density at radius 3 is 2.70 bits per heavy atom. The fourth-order valence-corrected chi connectivity index (χ4v) is 1.38. The van der Waals surface area contributed by atoms with Crippen LogP contribution < -0.4 is 0 Å². The highest BCUT2D eigenvalue weighted by atomic mass is 17.0. The fourth-order valence-electron chi connectivity index (χ4n) is 1.38. The van der Waals surface area contributed by atoms with Gasteiger partial charge in [0.25, 0.3) is 5.09 Å². The molecule has 1 aliphatic carbocycles. The number of hydrogen-bond acceptors (Lipinski definition) is 3. The van der Waals surface area contributed by atoms with E-state index in [1.807, 2.05) is 6.92 Å². The minimum absolute atomic E-state index is 0.144. The molecule has 0 aromatic heterocycles.